The van der Waals surface area contributed by atoms with Crippen LogP contribution in [0.3, 0.4) is 0 Å². The van der Waals surface area contributed by atoms with Gasteiger partial charge in [-0.1, -0.05) is 6.92 Å². The predicted molar refractivity (Wildman–Crippen MR) is 88.7 cm³/mol. The number of hydrogen-bond acceptors (Lipinski definition) is 3. The summed E-state index contributed by atoms with van der Waals surface area (Å²) in [4.78, 5) is 6.84. The maximum Gasteiger partial charge on any atom is 0.0948 e. The first-order valence-electron chi connectivity index (χ1n) is 8.44. The summed E-state index contributed by atoms with van der Waals surface area (Å²) in [5.74, 6) is 0. The SMILES string of the molecule is CC(C)N(C)CCCCn1cncc1C1(C)CCNCC1. The van der Waals surface area contributed by atoms with Gasteiger partial charge in [-0.2, -0.15) is 0 Å². The Labute approximate surface area is 129 Å². The zero-order chi connectivity index (χ0) is 15.3. The van der Waals surface area contributed by atoms with Crippen LogP contribution in [0.1, 0.15) is 52.1 Å². The van der Waals surface area contributed by atoms with E-state index in [1.54, 1.807) is 0 Å². The molecule has 0 spiro atoms. The molecule has 0 unspecified atom stereocenters. The van der Waals surface area contributed by atoms with Crippen LogP contribution in [0.4, 0.5) is 0 Å². The van der Waals surface area contributed by atoms with Crippen LogP contribution in [0.15, 0.2) is 12.5 Å². The standard InChI is InChI=1S/C17H32N4/c1-15(2)20(4)11-5-6-12-21-14-19-13-16(21)17(3)7-9-18-10-8-17/h13-15,18H,5-12H2,1-4H3. The van der Waals surface area contributed by atoms with Gasteiger partial charge < -0.3 is 14.8 Å². The van der Waals surface area contributed by atoms with Gasteiger partial charge in [0, 0.05) is 29.9 Å². The molecule has 2 rings (SSSR count). The van der Waals surface area contributed by atoms with Crippen LogP contribution >= 0.6 is 0 Å². The van der Waals surface area contributed by atoms with Gasteiger partial charge in [0.15, 0.2) is 0 Å². The van der Waals surface area contributed by atoms with E-state index in [1.807, 2.05) is 6.33 Å². The van der Waals surface area contributed by atoms with Crippen LogP contribution in [0.25, 0.3) is 0 Å². The number of imidazole rings is 1. The van der Waals surface area contributed by atoms with Crippen LogP contribution in [-0.4, -0.2) is 47.2 Å². The Morgan fingerprint density at radius 1 is 1.33 bits per heavy atom. The number of aryl methyl sites for hydroxylation is 1. The summed E-state index contributed by atoms with van der Waals surface area (Å²) in [6, 6.07) is 0.641. The molecule has 1 aliphatic heterocycles. The zero-order valence-electron chi connectivity index (χ0n) is 14.2. The van der Waals surface area contributed by atoms with Gasteiger partial charge in [0.2, 0.25) is 0 Å². The van der Waals surface area contributed by atoms with Crippen molar-refractivity contribution < 1.29 is 0 Å². The van der Waals surface area contributed by atoms with Crippen molar-refractivity contribution in [2.75, 3.05) is 26.7 Å². The number of aromatic nitrogens is 2. The summed E-state index contributed by atoms with van der Waals surface area (Å²) in [6.07, 6.45) is 9.03. The summed E-state index contributed by atoms with van der Waals surface area (Å²) in [7, 11) is 2.21. The highest BCUT2D eigenvalue weighted by Gasteiger charge is 2.31. The molecule has 0 atom stereocenters. The molecular weight excluding hydrogens is 260 g/mol. The van der Waals surface area contributed by atoms with Gasteiger partial charge in [-0.25, -0.2) is 4.98 Å². The van der Waals surface area contributed by atoms with E-state index >= 15 is 0 Å². The van der Waals surface area contributed by atoms with Crippen LogP contribution < -0.4 is 5.32 Å². The minimum Gasteiger partial charge on any atom is -0.334 e. The van der Waals surface area contributed by atoms with E-state index in [-0.39, 0.29) is 0 Å². The molecule has 0 radical (unpaired) electrons. The summed E-state index contributed by atoms with van der Waals surface area (Å²) in [6.45, 7) is 11.4. The van der Waals surface area contributed by atoms with Gasteiger partial charge in [0.25, 0.3) is 0 Å². The summed E-state index contributed by atoms with van der Waals surface area (Å²) in [5, 5.41) is 3.46. The zero-order valence-corrected chi connectivity index (χ0v) is 14.2. The normalized spacial score (nSPS) is 18.6. The minimum atomic E-state index is 0.302. The molecule has 0 aromatic carbocycles. The number of nitrogens with one attached hydrogen (secondary N) is 1. The lowest BCUT2D eigenvalue weighted by molar-refractivity contribution is 0.265. The molecule has 4 heteroatoms. The Kier molecular flexibility index (Phi) is 5.82. The lowest BCUT2D eigenvalue weighted by atomic mass is 9.78. The van der Waals surface area contributed by atoms with E-state index in [0.29, 0.717) is 11.5 Å². The van der Waals surface area contributed by atoms with Crippen molar-refractivity contribution in [3.63, 3.8) is 0 Å². The summed E-state index contributed by atoms with van der Waals surface area (Å²) in [5.41, 5.74) is 1.73. The molecule has 4 nitrogen and oxygen atoms in total. The van der Waals surface area contributed by atoms with Gasteiger partial charge in [0.05, 0.1) is 6.33 Å². The molecule has 0 bridgehead atoms. The third-order valence-corrected chi connectivity index (χ3v) is 5.08. The second kappa shape index (κ2) is 7.41. The smallest absolute Gasteiger partial charge is 0.0948 e. The molecule has 120 valence electrons. The van der Waals surface area contributed by atoms with Crippen LogP contribution in [0.5, 0.6) is 0 Å². The van der Waals surface area contributed by atoms with E-state index in [1.165, 1.54) is 37.9 Å². The number of nitrogens with zero attached hydrogens (tertiary/aromatic N) is 3. The van der Waals surface area contributed by atoms with Gasteiger partial charge in [0.1, 0.15) is 0 Å². The van der Waals surface area contributed by atoms with Crippen molar-refractivity contribution in [1.29, 1.82) is 0 Å². The van der Waals surface area contributed by atoms with Gasteiger partial charge >= 0.3 is 0 Å². The van der Waals surface area contributed by atoms with Gasteiger partial charge in [-0.15, -0.1) is 0 Å². The average molecular weight is 292 g/mol. The number of piperidine rings is 1. The lowest BCUT2D eigenvalue weighted by Crippen LogP contribution is -2.39. The molecule has 21 heavy (non-hydrogen) atoms. The fraction of sp³-hybridized carbons (Fsp3) is 0.824. The Hall–Kier alpha value is -0.870. The fourth-order valence-electron chi connectivity index (χ4n) is 3.14. The Balaban J connectivity index is 1.86. The molecule has 0 aliphatic carbocycles. The van der Waals surface area contributed by atoms with E-state index < -0.39 is 0 Å². The summed E-state index contributed by atoms with van der Waals surface area (Å²) < 4.78 is 2.39. The fourth-order valence-corrected chi connectivity index (χ4v) is 3.14. The molecule has 1 N–H and O–H groups in total. The van der Waals surface area contributed by atoms with Gasteiger partial charge in [-0.3, -0.25) is 0 Å². The lowest BCUT2D eigenvalue weighted by Gasteiger charge is -2.34. The molecule has 1 aromatic heterocycles. The van der Waals surface area contributed by atoms with E-state index in [4.69, 9.17) is 0 Å². The average Bonchev–Trinajstić information content (AvgIpc) is 2.93. The van der Waals surface area contributed by atoms with E-state index in [0.717, 1.165) is 19.6 Å². The molecule has 1 aromatic rings. The topological polar surface area (TPSA) is 33.1 Å². The number of unbranched alkanes of at least 4 members (excludes halogenated alkanes) is 1. The number of hydrogen-bond donors (Lipinski definition) is 1. The van der Waals surface area contributed by atoms with Crippen molar-refractivity contribution >= 4 is 0 Å². The Morgan fingerprint density at radius 2 is 2.05 bits per heavy atom. The van der Waals surface area contributed by atoms with Crippen LogP contribution in [0.2, 0.25) is 0 Å². The second-order valence-electron chi connectivity index (χ2n) is 7.06. The van der Waals surface area contributed by atoms with E-state index in [2.05, 4.69) is 53.8 Å². The van der Waals surface area contributed by atoms with E-state index in [9.17, 15) is 0 Å². The molecule has 1 aliphatic rings. The molecule has 1 fully saturated rings. The first-order valence-corrected chi connectivity index (χ1v) is 8.44. The highest BCUT2D eigenvalue weighted by molar-refractivity contribution is 5.15. The van der Waals surface area contributed by atoms with Crippen molar-refractivity contribution in [2.24, 2.45) is 0 Å². The van der Waals surface area contributed by atoms with Crippen LogP contribution in [-0.2, 0) is 12.0 Å². The Bertz CT molecular complexity index is 418. The predicted octanol–water partition coefficient (Wildman–Crippen LogP) is 2.64. The number of rotatable bonds is 7. The van der Waals surface area contributed by atoms with Crippen molar-refractivity contribution in [3.05, 3.63) is 18.2 Å². The Morgan fingerprint density at radius 3 is 2.71 bits per heavy atom. The first-order chi connectivity index (χ1) is 10.0. The summed E-state index contributed by atoms with van der Waals surface area (Å²) >= 11 is 0. The molecule has 2 heterocycles. The third kappa shape index (κ3) is 4.30. The monoisotopic (exact) mass is 292 g/mol. The largest absolute Gasteiger partial charge is 0.334 e. The third-order valence-electron chi connectivity index (χ3n) is 5.08. The van der Waals surface area contributed by atoms with Crippen molar-refractivity contribution in [3.8, 4) is 0 Å². The maximum absolute atomic E-state index is 4.42. The molecular formula is C17H32N4. The maximum atomic E-state index is 4.42. The minimum absolute atomic E-state index is 0.302. The molecule has 1 saturated heterocycles. The van der Waals surface area contributed by atoms with Crippen molar-refractivity contribution in [1.82, 2.24) is 19.8 Å². The second-order valence-corrected chi connectivity index (χ2v) is 7.06. The quantitative estimate of drug-likeness (QED) is 0.784. The highest BCUT2D eigenvalue weighted by Crippen LogP contribution is 2.32. The highest BCUT2D eigenvalue weighted by atomic mass is 15.1. The van der Waals surface area contributed by atoms with Crippen LogP contribution in [0, 0.1) is 0 Å². The van der Waals surface area contributed by atoms with Crippen molar-refractivity contribution in [2.45, 2.75) is 64.5 Å². The first kappa shape index (κ1) is 16.5. The molecule has 0 amide bonds. The molecule has 0 saturated carbocycles. The van der Waals surface area contributed by atoms with Gasteiger partial charge in [-0.05, 0) is 66.2 Å².